The Morgan fingerprint density at radius 2 is 0.921 bits per heavy atom. The molecule has 76 heavy (non-hydrogen) atoms. The number of fused-ring (bicyclic) bond motifs is 21. The Morgan fingerprint density at radius 3 is 1.68 bits per heavy atom. The third kappa shape index (κ3) is 5.29. The number of benzene rings is 10. The van der Waals surface area contributed by atoms with Crippen LogP contribution in [0.25, 0.3) is 116 Å². The minimum absolute atomic E-state index is 0.243. The van der Waals surface area contributed by atoms with E-state index in [0.29, 0.717) is 0 Å². The average molecular weight is 981 g/mol. The van der Waals surface area contributed by atoms with E-state index in [9.17, 15) is 0 Å². The summed E-state index contributed by atoms with van der Waals surface area (Å²) in [7, 11) is 0. The van der Waals surface area contributed by atoms with E-state index < -0.39 is 0 Å². The van der Waals surface area contributed by atoms with Crippen LogP contribution in [0.5, 0.6) is 0 Å². The van der Waals surface area contributed by atoms with Gasteiger partial charge in [0.25, 0.3) is 0 Å². The van der Waals surface area contributed by atoms with Gasteiger partial charge >= 0.3 is 0 Å². The van der Waals surface area contributed by atoms with Gasteiger partial charge in [-0.1, -0.05) is 117 Å². The minimum atomic E-state index is -0.243. The average Bonchev–Trinajstić information content (AvgIpc) is 4.53. The van der Waals surface area contributed by atoms with Crippen LogP contribution in [0.3, 0.4) is 0 Å². The van der Waals surface area contributed by atoms with Crippen molar-refractivity contribution >= 4 is 128 Å². The quantitative estimate of drug-likeness (QED) is 0.189. The molecule has 2 aliphatic heterocycles. The van der Waals surface area contributed by atoms with Crippen molar-refractivity contribution in [3.63, 3.8) is 0 Å². The molecule has 16 aromatic rings. The summed E-state index contributed by atoms with van der Waals surface area (Å²) in [6.07, 6.45) is -0.243. The van der Waals surface area contributed by atoms with E-state index in [4.69, 9.17) is 14.4 Å². The van der Waals surface area contributed by atoms with Crippen LogP contribution in [0.4, 0.5) is 28.4 Å². The van der Waals surface area contributed by atoms with Crippen LogP contribution in [0.1, 0.15) is 13.8 Å². The number of aromatic nitrogens is 7. The van der Waals surface area contributed by atoms with E-state index in [2.05, 4.69) is 256 Å². The van der Waals surface area contributed by atoms with Gasteiger partial charge in [-0.2, -0.15) is 0 Å². The third-order valence-electron chi connectivity index (χ3n) is 15.8. The second-order valence-electron chi connectivity index (χ2n) is 19.5. The molecular formula is C65H44N10O. The highest BCUT2D eigenvalue weighted by molar-refractivity contribution is 6.15. The lowest BCUT2D eigenvalue weighted by Crippen LogP contribution is -2.40. The zero-order valence-corrected chi connectivity index (χ0v) is 41.3. The first-order valence-corrected chi connectivity index (χ1v) is 26.0. The maximum absolute atomic E-state index is 7.17. The van der Waals surface area contributed by atoms with Crippen LogP contribution >= 0.6 is 0 Å². The van der Waals surface area contributed by atoms with Crippen molar-refractivity contribution in [3.8, 4) is 17.1 Å². The van der Waals surface area contributed by atoms with E-state index in [1.807, 2.05) is 13.8 Å². The molecule has 0 bridgehead atoms. The third-order valence-corrected chi connectivity index (χ3v) is 15.8. The van der Waals surface area contributed by atoms with Crippen LogP contribution in [-0.2, 0) is 0 Å². The van der Waals surface area contributed by atoms with Crippen molar-refractivity contribution in [3.05, 3.63) is 218 Å². The largest absolute Gasteiger partial charge is 0.454 e. The number of imidazole rings is 4. The summed E-state index contributed by atoms with van der Waals surface area (Å²) >= 11 is 0. The first-order valence-electron chi connectivity index (χ1n) is 26.0. The van der Waals surface area contributed by atoms with Gasteiger partial charge in [0.15, 0.2) is 11.9 Å². The second kappa shape index (κ2) is 15.2. The van der Waals surface area contributed by atoms with Crippen LogP contribution in [0.2, 0.25) is 0 Å². The summed E-state index contributed by atoms with van der Waals surface area (Å²) in [5.41, 5.74) is 20.7. The monoisotopic (exact) mass is 980 g/mol. The second-order valence-corrected chi connectivity index (χ2v) is 19.5. The normalized spacial score (nSPS) is 14.1. The SMILES string of the molecule is CC.c1ccc2c(c1)NC1N2c2cc(-n3c4ccccc4c4ccccc43)ccc2N1c1cccc2c1oc1cccc(-n3c4ccc(-n5c6ccccc6n6c7ccccc7nc56)cc4n4c5ccccc5nc34)c12. The van der Waals surface area contributed by atoms with Crippen LogP contribution in [0.15, 0.2) is 223 Å². The smallest absolute Gasteiger partial charge is 0.220 e. The molecule has 360 valence electrons. The molecule has 0 fully saturated rings. The van der Waals surface area contributed by atoms with Gasteiger partial charge in [0.05, 0.1) is 100 Å². The highest BCUT2D eigenvalue weighted by Gasteiger charge is 2.44. The Bertz CT molecular complexity index is 5070. The van der Waals surface area contributed by atoms with Gasteiger partial charge in [-0.15, -0.1) is 0 Å². The van der Waals surface area contributed by atoms with Crippen molar-refractivity contribution in [1.82, 2.24) is 32.5 Å². The fraction of sp³-hybridized carbons (Fsp3) is 0.0462. The lowest BCUT2D eigenvalue weighted by Gasteiger charge is -2.27. The molecule has 0 saturated carbocycles. The highest BCUT2D eigenvalue weighted by atomic mass is 16.3. The van der Waals surface area contributed by atoms with E-state index in [1.165, 1.54) is 21.8 Å². The number of hydrogen-bond donors (Lipinski definition) is 1. The van der Waals surface area contributed by atoms with Crippen LogP contribution in [0, 0.1) is 0 Å². The maximum atomic E-state index is 7.17. The van der Waals surface area contributed by atoms with Gasteiger partial charge in [-0.05, 0) is 115 Å². The van der Waals surface area contributed by atoms with Gasteiger partial charge in [0.2, 0.25) is 11.6 Å². The number of para-hydroxylation sites is 11. The Labute approximate surface area is 433 Å². The molecule has 10 aromatic carbocycles. The number of rotatable bonds is 4. The molecule has 0 amide bonds. The Morgan fingerprint density at radius 1 is 0.382 bits per heavy atom. The lowest BCUT2D eigenvalue weighted by molar-refractivity contribution is 0.665. The number of furan rings is 1. The van der Waals surface area contributed by atoms with Crippen molar-refractivity contribution in [2.75, 3.05) is 15.1 Å². The molecule has 0 spiro atoms. The molecule has 8 heterocycles. The zero-order chi connectivity index (χ0) is 49.9. The minimum Gasteiger partial charge on any atom is -0.454 e. The van der Waals surface area contributed by atoms with Gasteiger partial charge in [-0.25, -0.2) is 9.97 Å². The van der Waals surface area contributed by atoms with Crippen molar-refractivity contribution in [2.24, 2.45) is 0 Å². The lowest BCUT2D eigenvalue weighted by atomic mass is 10.1. The molecule has 11 heteroatoms. The van der Waals surface area contributed by atoms with Crippen LogP contribution < -0.4 is 15.1 Å². The molecule has 6 aromatic heterocycles. The molecule has 18 rings (SSSR count). The molecule has 1 N–H and O–H groups in total. The molecule has 1 unspecified atom stereocenters. The number of anilines is 5. The molecule has 11 nitrogen and oxygen atoms in total. The van der Waals surface area contributed by atoms with E-state index in [1.54, 1.807) is 0 Å². The molecular weight excluding hydrogens is 937 g/mol. The summed E-state index contributed by atoms with van der Waals surface area (Å²) in [5, 5.41) is 8.42. The topological polar surface area (TPSA) is 81.0 Å². The fourth-order valence-electron chi connectivity index (χ4n) is 12.8. The molecule has 0 saturated heterocycles. The van der Waals surface area contributed by atoms with E-state index in [0.717, 1.165) is 123 Å². The Hall–Kier alpha value is -10.3. The zero-order valence-electron chi connectivity index (χ0n) is 41.3. The Kier molecular flexibility index (Phi) is 8.22. The number of hydrogen-bond acceptors (Lipinski definition) is 6. The summed E-state index contributed by atoms with van der Waals surface area (Å²) in [5.74, 6) is 1.69. The van der Waals surface area contributed by atoms with E-state index in [-0.39, 0.29) is 6.29 Å². The number of nitrogens with zero attached hydrogens (tertiary/aromatic N) is 9. The van der Waals surface area contributed by atoms with Gasteiger partial charge in [0.1, 0.15) is 5.58 Å². The van der Waals surface area contributed by atoms with E-state index >= 15 is 0 Å². The summed E-state index contributed by atoms with van der Waals surface area (Å²) in [4.78, 5) is 15.4. The predicted octanol–water partition coefficient (Wildman–Crippen LogP) is 16.2. The van der Waals surface area contributed by atoms with Crippen molar-refractivity contribution < 1.29 is 4.42 Å². The van der Waals surface area contributed by atoms with Crippen molar-refractivity contribution in [1.29, 1.82) is 0 Å². The first kappa shape index (κ1) is 41.2. The number of nitrogens with one attached hydrogen (secondary N) is 1. The molecule has 0 radical (unpaired) electrons. The fourth-order valence-corrected chi connectivity index (χ4v) is 12.8. The molecule has 2 aliphatic rings. The first-order chi connectivity index (χ1) is 37.7. The van der Waals surface area contributed by atoms with Gasteiger partial charge in [0, 0.05) is 21.8 Å². The standard InChI is InChI=1S/C63H38N10O.C2H6/c1-6-21-45-39(15-1)40-16-2-7-22-46(40)67(45)37-31-33-53-56(35-37)71-49-25-10-5-20-44(49)66-63(71)73(53)55-29-13-17-41-59-54(28-14-30-58(59)74-60(41)55)72-52-34-32-38(36-57(52)70-48-24-9-4-19-43(48)65-62(70)72)68-50-26-11-12-27-51(50)69-47-23-8-3-18-42(47)64-61(68)69;1-2/h1-36,63,66H;1-2H3. The maximum Gasteiger partial charge on any atom is 0.220 e. The molecule has 1 atom stereocenters. The summed E-state index contributed by atoms with van der Waals surface area (Å²) in [6.45, 7) is 4.00. The van der Waals surface area contributed by atoms with Crippen molar-refractivity contribution in [2.45, 2.75) is 20.1 Å². The van der Waals surface area contributed by atoms with Crippen LogP contribution in [-0.4, -0.2) is 38.8 Å². The highest BCUT2D eigenvalue weighted by Crippen LogP contribution is 2.55. The van der Waals surface area contributed by atoms with Gasteiger partial charge < -0.3 is 14.3 Å². The summed E-state index contributed by atoms with van der Waals surface area (Å²) < 4.78 is 18.7. The summed E-state index contributed by atoms with van der Waals surface area (Å²) in [6, 6.07) is 77.9. The molecule has 0 aliphatic carbocycles. The predicted molar refractivity (Wildman–Crippen MR) is 310 cm³/mol. The van der Waals surface area contributed by atoms with Gasteiger partial charge in [-0.3, -0.25) is 27.7 Å². The Balaban J connectivity index is 0.00000233.